The second kappa shape index (κ2) is 3.07. The van der Waals surface area contributed by atoms with Crippen molar-refractivity contribution in [1.82, 2.24) is 4.98 Å². The molecule has 0 bridgehead atoms. The van der Waals surface area contributed by atoms with Gasteiger partial charge >= 0.3 is 0 Å². The minimum Gasteiger partial charge on any atom is -0.375 e. The summed E-state index contributed by atoms with van der Waals surface area (Å²) in [5.41, 5.74) is 8.12. The molecule has 1 aliphatic carbocycles. The summed E-state index contributed by atoms with van der Waals surface area (Å²) in [6, 6.07) is 2.26. The van der Waals surface area contributed by atoms with Gasteiger partial charge in [-0.15, -0.1) is 22.7 Å². The summed E-state index contributed by atoms with van der Waals surface area (Å²) < 4.78 is 0. The highest BCUT2D eigenvalue weighted by atomic mass is 32.1. The van der Waals surface area contributed by atoms with Gasteiger partial charge in [0.2, 0.25) is 0 Å². The smallest absolute Gasteiger partial charge is 0.180 e. The lowest BCUT2D eigenvalue weighted by Crippen LogP contribution is -1.80. The molecule has 2 N–H and O–H groups in total. The van der Waals surface area contributed by atoms with Crippen LogP contribution in [0.3, 0.4) is 0 Å². The SMILES string of the molecule is Nc1nc(-c2cc(C3CC3)cs2)cs1. The lowest BCUT2D eigenvalue weighted by Gasteiger charge is -1.88. The fraction of sp³-hybridized carbons (Fsp3) is 0.300. The Balaban J connectivity index is 1.95. The van der Waals surface area contributed by atoms with E-state index in [1.54, 1.807) is 11.3 Å². The zero-order valence-electron chi connectivity index (χ0n) is 7.56. The number of thiazole rings is 1. The fourth-order valence-corrected chi connectivity index (χ4v) is 3.11. The number of hydrogen-bond donors (Lipinski definition) is 1. The molecule has 2 nitrogen and oxygen atoms in total. The van der Waals surface area contributed by atoms with Crippen LogP contribution in [-0.4, -0.2) is 4.98 Å². The number of hydrogen-bond acceptors (Lipinski definition) is 4. The molecule has 0 unspecified atom stereocenters. The molecule has 0 aromatic carbocycles. The fourth-order valence-electron chi connectivity index (χ4n) is 1.52. The van der Waals surface area contributed by atoms with Gasteiger partial charge in [-0.1, -0.05) is 0 Å². The van der Waals surface area contributed by atoms with Crippen molar-refractivity contribution < 1.29 is 0 Å². The number of nitrogens with two attached hydrogens (primary N) is 1. The summed E-state index contributed by atoms with van der Waals surface area (Å²) in [6.45, 7) is 0. The first-order valence-corrected chi connectivity index (χ1v) is 6.38. The first-order valence-electron chi connectivity index (χ1n) is 4.63. The van der Waals surface area contributed by atoms with E-state index < -0.39 is 0 Å². The average molecular weight is 222 g/mol. The topological polar surface area (TPSA) is 38.9 Å². The van der Waals surface area contributed by atoms with Crippen molar-refractivity contribution in [2.75, 3.05) is 5.73 Å². The van der Waals surface area contributed by atoms with Crippen LogP contribution in [-0.2, 0) is 0 Å². The Bertz CT molecular complexity index is 454. The Morgan fingerprint density at radius 3 is 2.79 bits per heavy atom. The Hall–Kier alpha value is -0.870. The number of thiophene rings is 1. The van der Waals surface area contributed by atoms with Gasteiger partial charge in [0.25, 0.3) is 0 Å². The monoisotopic (exact) mass is 222 g/mol. The molecule has 72 valence electrons. The molecule has 0 atom stereocenters. The van der Waals surface area contributed by atoms with Crippen molar-refractivity contribution in [3.05, 3.63) is 22.4 Å². The summed E-state index contributed by atoms with van der Waals surface area (Å²) in [7, 11) is 0. The van der Waals surface area contributed by atoms with E-state index in [0.717, 1.165) is 11.6 Å². The van der Waals surface area contributed by atoms with Crippen LogP contribution < -0.4 is 5.73 Å². The van der Waals surface area contributed by atoms with Crippen LogP contribution in [0, 0.1) is 0 Å². The van der Waals surface area contributed by atoms with Gasteiger partial charge in [-0.25, -0.2) is 4.98 Å². The van der Waals surface area contributed by atoms with Crippen LogP contribution in [0.4, 0.5) is 5.13 Å². The summed E-state index contributed by atoms with van der Waals surface area (Å²) in [6.07, 6.45) is 2.71. The molecule has 2 heterocycles. The van der Waals surface area contributed by atoms with Crippen LogP contribution >= 0.6 is 22.7 Å². The van der Waals surface area contributed by atoms with E-state index in [2.05, 4.69) is 16.4 Å². The van der Waals surface area contributed by atoms with Crippen LogP contribution in [0.5, 0.6) is 0 Å². The van der Waals surface area contributed by atoms with E-state index in [4.69, 9.17) is 5.73 Å². The highest BCUT2D eigenvalue weighted by Crippen LogP contribution is 2.43. The largest absolute Gasteiger partial charge is 0.375 e. The number of rotatable bonds is 2. The quantitative estimate of drug-likeness (QED) is 0.846. The molecule has 3 rings (SSSR count). The number of nitrogens with zero attached hydrogens (tertiary/aromatic N) is 1. The molecule has 1 fully saturated rings. The lowest BCUT2D eigenvalue weighted by molar-refractivity contribution is 1.15. The molecule has 14 heavy (non-hydrogen) atoms. The van der Waals surface area contributed by atoms with E-state index in [1.165, 1.54) is 34.6 Å². The standard InChI is InChI=1S/C10H10N2S2/c11-10-12-8(5-14-10)9-3-7(4-13-9)6-1-2-6/h3-6H,1-2H2,(H2,11,12). The van der Waals surface area contributed by atoms with Gasteiger partial charge in [0.15, 0.2) is 5.13 Å². The van der Waals surface area contributed by atoms with Crippen molar-refractivity contribution in [2.24, 2.45) is 0 Å². The highest BCUT2D eigenvalue weighted by Gasteiger charge is 2.24. The molecule has 4 heteroatoms. The first kappa shape index (κ1) is 8.44. The van der Waals surface area contributed by atoms with Crippen molar-refractivity contribution in [1.29, 1.82) is 0 Å². The van der Waals surface area contributed by atoms with E-state index in [0.29, 0.717) is 5.13 Å². The number of nitrogen functional groups attached to an aromatic ring is 1. The third kappa shape index (κ3) is 1.44. The predicted molar refractivity (Wildman–Crippen MR) is 61.8 cm³/mol. The van der Waals surface area contributed by atoms with Crippen molar-refractivity contribution in [2.45, 2.75) is 18.8 Å². The number of aromatic nitrogens is 1. The molecule has 0 spiro atoms. The van der Waals surface area contributed by atoms with Gasteiger partial charge < -0.3 is 5.73 Å². The number of anilines is 1. The minimum absolute atomic E-state index is 0.654. The Morgan fingerprint density at radius 1 is 1.29 bits per heavy atom. The summed E-state index contributed by atoms with van der Waals surface area (Å²) >= 11 is 3.28. The normalized spacial score (nSPS) is 16.0. The molecule has 1 saturated carbocycles. The maximum absolute atomic E-state index is 5.61. The van der Waals surface area contributed by atoms with E-state index in [-0.39, 0.29) is 0 Å². The van der Waals surface area contributed by atoms with Crippen molar-refractivity contribution in [3.63, 3.8) is 0 Å². The van der Waals surface area contributed by atoms with E-state index in [9.17, 15) is 0 Å². The van der Waals surface area contributed by atoms with Gasteiger partial charge in [-0.3, -0.25) is 0 Å². The maximum atomic E-state index is 5.61. The third-order valence-corrected chi connectivity index (χ3v) is 4.09. The molecular weight excluding hydrogens is 212 g/mol. The summed E-state index contributed by atoms with van der Waals surface area (Å²) in [4.78, 5) is 5.53. The van der Waals surface area contributed by atoms with Crippen molar-refractivity contribution >= 4 is 27.8 Å². The van der Waals surface area contributed by atoms with Crippen LogP contribution in [0.25, 0.3) is 10.6 Å². The summed E-state index contributed by atoms with van der Waals surface area (Å²) in [5.74, 6) is 0.830. The van der Waals surface area contributed by atoms with Crippen LogP contribution in [0.2, 0.25) is 0 Å². The first-order chi connectivity index (χ1) is 6.83. The predicted octanol–water partition coefficient (Wildman–Crippen LogP) is 3.33. The maximum Gasteiger partial charge on any atom is 0.180 e. The Labute approximate surface area is 90.4 Å². The molecule has 1 aliphatic rings. The van der Waals surface area contributed by atoms with Crippen LogP contribution in [0.15, 0.2) is 16.8 Å². The Kier molecular flexibility index (Phi) is 1.85. The van der Waals surface area contributed by atoms with Crippen molar-refractivity contribution in [3.8, 4) is 10.6 Å². The van der Waals surface area contributed by atoms with Gasteiger partial charge in [0.05, 0.1) is 10.6 Å². The van der Waals surface area contributed by atoms with Gasteiger partial charge in [-0.05, 0) is 35.8 Å². The lowest BCUT2D eigenvalue weighted by atomic mass is 10.2. The zero-order valence-corrected chi connectivity index (χ0v) is 9.20. The molecule has 0 radical (unpaired) electrons. The van der Waals surface area contributed by atoms with Gasteiger partial charge in [0, 0.05) is 5.38 Å². The van der Waals surface area contributed by atoms with E-state index in [1.807, 2.05) is 5.38 Å². The molecule has 2 aromatic heterocycles. The van der Waals surface area contributed by atoms with Gasteiger partial charge in [-0.2, -0.15) is 0 Å². The summed E-state index contributed by atoms with van der Waals surface area (Å²) in [5, 5.41) is 4.93. The molecular formula is C10H10N2S2. The third-order valence-electron chi connectivity index (χ3n) is 2.44. The molecule has 0 saturated heterocycles. The minimum atomic E-state index is 0.654. The molecule has 2 aromatic rings. The van der Waals surface area contributed by atoms with Gasteiger partial charge in [0.1, 0.15) is 0 Å². The second-order valence-electron chi connectivity index (χ2n) is 3.59. The average Bonchev–Trinajstić information content (AvgIpc) is 2.76. The molecule has 0 amide bonds. The zero-order chi connectivity index (χ0) is 9.54. The molecule has 0 aliphatic heterocycles. The highest BCUT2D eigenvalue weighted by molar-refractivity contribution is 7.15. The van der Waals surface area contributed by atoms with E-state index >= 15 is 0 Å². The van der Waals surface area contributed by atoms with Crippen LogP contribution in [0.1, 0.15) is 24.3 Å². The Morgan fingerprint density at radius 2 is 2.14 bits per heavy atom. The second-order valence-corrected chi connectivity index (χ2v) is 5.39.